The van der Waals surface area contributed by atoms with Crippen LogP contribution in [0.25, 0.3) is 0 Å². The average molecular weight is 343 g/mol. The van der Waals surface area contributed by atoms with Crippen LogP contribution in [0.1, 0.15) is 60.8 Å². The first-order valence-corrected chi connectivity index (χ1v) is 14.8. The molecule has 0 aliphatic carbocycles. The summed E-state index contributed by atoms with van der Waals surface area (Å²) in [5, 5.41) is 0. The maximum atomic E-state index is 2.64. The third-order valence-corrected chi connectivity index (χ3v) is 14.6. The molecule has 0 aromatic carbocycles. The third kappa shape index (κ3) is 8.53. The zero-order valence-electron chi connectivity index (χ0n) is 13.1. The van der Waals surface area contributed by atoms with Crippen molar-refractivity contribution in [1.29, 1.82) is 0 Å². The molecular formula is C15H34InN. The molecule has 0 saturated heterocycles. The molecule has 2 heteroatoms. The first-order valence-electron chi connectivity index (χ1n) is 7.78. The first-order chi connectivity index (χ1) is 8.02. The summed E-state index contributed by atoms with van der Waals surface area (Å²) in [7, 11) is 0. The van der Waals surface area contributed by atoms with E-state index in [1.165, 1.54) is 25.8 Å². The second-order valence-electron chi connectivity index (χ2n) is 5.98. The van der Waals surface area contributed by atoms with Gasteiger partial charge in [0.25, 0.3) is 0 Å². The van der Waals surface area contributed by atoms with E-state index in [1.54, 1.807) is 12.5 Å². The Bertz CT molecular complexity index is 160. The van der Waals surface area contributed by atoms with Crippen LogP contribution in [-0.2, 0) is 0 Å². The van der Waals surface area contributed by atoms with Crippen molar-refractivity contribution in [2.24, 2.45) is 0 Å². The predicted octanol–water partition coefficient (Wildman–Crippen LogP) is 4.81. The number of nitrogens with zero attached hydrogens (tertiary/aromatic N) is 1. The van der Waals surface area contributed by atoms with Gasteiger partial charge in [-0.2, -0.15) is 0 Å². The van der Waals surface area contributed by atoms with Crippen LogP contribution in [0.5, 0.6) is 0 Å². The van der Waals surface area contributed by atoms with Gasteiger partial charge in [-0.3, -0.25) is 0 Å². The van der Waals surface area contributed by atoms with Gasteiger partial charge in [-0.05, 0) is 0 Å². The van der Waals surface area contributed by atoms with Gasteiger partial charge < -0.3 is 0 Å². The molecule has 0 amide bonds. The fraction of sp³-hybridized carbons (Fsp3) is 1.00. The Morgan fingerprint density at radius 3 is 1.88 bits per heavy atom. The van der Waals surface area contributed by atoms with E-state index in [9.17, 15) is 0 Å². The minimum atomic E-state index is -1.02. The van der Waals surface area contributed by atoms with Crippen molar-refractivity contribution in [3.8, 4) is 0 Å². The van der Waals surface area contributed by atoms with E-state index < -0.39 is 21.4 Å². The van der Waals surface area contributed by atoms with Crippen LogP contribution in [-0.4, -0.2) is 45.0 Å². The molecule has 0 saturated carbocycles. The Kier molecular flexibility index (Phi) is 11.2. The Morgan fingerprint density at radius 1 is 0.882 bits per heavy atom. The third-order valence-electron chi connectivity index (χ3n) is 3.88. The summed E-state index contributed by atoms with van der Waals surface area (Å²) in [5.74, 6) is 0. The monoisotopic (exact) mass is 343 g/mol. The van der Waals surface area contributed by atoms with Crippen molar-refractivity contribution in [3.05, 3.63) is 0 Å². The molecule has 102 valence electrons. The van der Waals surface area contributed by atoms with E-state index in [4.69, 9.17) is 0 Å². The van der Waals surface area contributed by atoms with E-state index in [1.807, 2.05) is 0 Å². The molecule has 0 aliphatic rings. The van der Waals surface area contributed by atoms with Gasteiger partial charge in [0.15, 0.2) is 0 Å². The van der Waals surface area contributed by atoms with Gasteiger partial charge >= 0.3 is 118 Å². The summed E-state index contributed by atoms with van der Waals surface area (Å²) in [6, 6.07) is 1.41. The zero-order valence-corrected chi connectivity index (χ0v) is 16.4. The van der Waals surface area contributed by atoms with E-state index in [2.05, 4.69) is 46.4 Å². The number of hydrogen-bond donors (Lipinski definition) is 0. The summed E-state index contributed by atoms with van der Waals surface area (Å²) in [4.78, 5) is 2.64. The second kappa shape index (κ2) is 10.7. The van der Waals surface area contributed by atoms with Crippen LogP contribution in [0.15, 0.2) is 0 Å². The first kappa shape index (κ1) is 17.8. The molecule has 0 fully saturated rings. The molecule has 0 unspecified atom stereocenters. The normalized spacial score (nSPS) is 11.8. The van der Waals surface area contributed by atoms with Gasteiger partial charge in [-0.25, -0.2) is 0 Å². The molecule has 0 heterocycles. The van der Waals surface area contributed by atoms with E-state index in [0.29, 0.717) is 12.1 Å². The van der Waals surface area contributed by atoms with Crippen LogP contribution in [0.2, 0.25) is 12.5 Å². The standard InChI is InChI=1S/C10H22N.C3H7.C2H5.In/c1-6-7-8-11(9(2)3)10(4)5;1-3-2;1-2;/h9-10H,1,6-8H2,2-5H3;1,3H2,2H3;1H2,2H3;. The molecule has 0 atom stereocenters. The Balaban J connectivity index is 3.74. The maximum absolute atomic E-state index is 2.64. The van der Waals surface area contributed by atoms with Crippen LogP contribution in [0, 0.1) is 0 Å². The molecule has 17 heavy (non-hydrogen) atoms. The van der Waals surface area contributed by atoms with Crippen LogP contribution in [0.3, 0.4) is 0 Å². The molecule has 0 N–H and O–H groups in total. The number of unbranched alkanes of at least 4 members (excludes halogenated alkanes) is 1. The zero-order chi connectivity index (χ0) is 13.3. The molecule has 0 aliphatic heterocycles. The molecule has 0 radical (unpaired) electrons. The van der Waals surface area contributed by atoms with Crippen LogP contribution in [0.4, 0.5) is 0 Å². The van der Waals surface area contributed by atoms with Crippen molar-refractivity contribution in [1.82, 2.24) is 4.90 Å². The summed E-state index contributed by atoms with van der Waals surface area (Å²) >= 11 is -1.02. The number of hydrogen-bond acceptors (Lipinski definition) is 1. The topological polar surface area (TPSA) is 3.24 Å². The van der Waals surface area contributed by atoms with E-state index in [-0.39, 0.29) is 0 Å². The molecule has 0 aromatic rings. The van der Waals surface area contributed by atoms with Crippen LogP contribution < -0.4 is 0 Å². The summed E-state index contributed by atoms with van der Waals surface area (Å²) < 4.78 is 4.86. The van der Waals surface area contributed by atoms with Crippen molar-refractivity contribution < 1.29 is 0 Å². The van der Waals surface area contributed by atoms with Crippen molar-refractivity contribution in [2.45, 2.75) is 85.4 Å². The Hall–Kier alpha value is 0.830. The van der Waals surface area contributed by atoms with E-state index in [0.717, 1.165) is 0 Å². The van der Waals surface area contributed by atoms with Gasteiger partial charge in [0.1, 0.15) is 0 Å². The summed E-state index contributed by atoms with van der Waals surface area (Å²) in [6.07, 6.45) is 4.37. The minimum absolute atomic E-state index is 0.705. The van der Waals surface area contributed by atoms with Gasteiger partial charge in [0, 0.05) is 0 Å². The number of rotatable bonds is 10. The quantitative estimate of drug-likeness (QED) is 0.515. The van der Waals surface area contributed by atoms with Gasteiger partial charge in [-0.15, -0.1) is 0 Å². The molecule has 0 bridgehead atoms. The Labute approximate surface area is 118 Å². The summed E-state index contributed by atoms with van der Waals surface area (Å²) in [6.45, 7) is 15.4. The molecule has 0 rings (SSSR count). The molecule has 0 aromatic heterocycles. The second-order valence-corrected chi connectivity index (χ2v) is 16.6. The molecular weight excluding hydrogens is 309 g/mol. The summed E-state index contributed by atoms with van der Waals surface area (Å²) in [5.41, 5.74) is 0. The van der Waals surface area contributed by atoms with Gasteiger partial charge in [0.2, 0.25) is 0 Å². The van der Waals surface area contributed by atoms with Gasteiger partial charge in [0.05, 0.1) is 0 Å². The van der Waals surface area contributed by atoms with Crippen LogP contribution >= 0.6 is 0 Å². The average Bonchev–Trinajstić information content (AvgIpc) is 2.26. The predicted molar refractivity (Wildman–Crippen MR) is 82.4 cm³/mol. The SMILES string of the molecule is CC[CH2][In]([CH2]C)[CH2]CCCN(C(C)C)C(C)C. The van der Waals surface area contributed by atoms with Crippen molar-refractivity contribution >= 4 is 21.4 Å². The van der Waals surface area contributed by atoms with Crippen molar-refractivity contribution in [3.63, 3.8) is 0 Å². The Morgan fingerprint density at radius 2 is 1.47 bits per heavy atom. The fourth-order valence-corrected chi connectivity index (χ4v) is 10.8. The fourth-order valence-electron chi connectivity index (χ4n) is 2.80. The molecule has 0 spiro atoms. The van der Waals surface area contributed by atoms with Gasteiger partial charge in [-0.1, -0.05) is 0 Å². The van der Waals surface area contributed by atoms with E-state index >= 15 is 0 Å². The molecule has 1 nitrogen and oxygen atoms in total. The van der Waals surface area contributed by atoms with Crippen molar-refractivity contribution in [2.75, 3.05) is 6.54 Å².